The van der Waals surface area contributed by atoms with Crippen LogP contribution in [-0.2, 0) is 11.3 Å². The molecule has 170 valence electrons. The van der Waals surface area contributed by atoms with E-state index in [1.165, 1.54) is 51.4 Å². The first kappa shape index (κ1) is 23.5. The second-order valence-corrected chi connectivity index (χ2v) is 8.61. The first-order chi connectivity index (χ1) is 15.3. The number of amides is 1. The van der Waals surface area contributed by atoms with Gasteiger partial charge in [0, 0.05) is 38.2 Å². The lowest BCUT2D eigenvalue weighted by Gasteiger charge is -2.34. The summed E-state index contributed by atoms with van der Waals surface area (Å²) in [5, 5.41) is 4.09. The molecular formula is C25H38N4O2. The van der Waals surface area contributed by atoms with E-state index in [2.05, 4.69) is 22.0 Å². The van der Waals surface area contributed by atoms with Crippen LogP contribution >= 0.6 is 0 Å². The molecule has 31 heavy (non-hydrogen) atoms. The Balaban J connectivity index is 1.27. The zero-order chi connectivity index (χ0) is 21.7. The molecular weight excluding hydrogens is 388 g/mol. The van der Waals surface area contributed by atoms with Crippen molar-refractivity contribution in [2.24, 2.45) is 0 Å². The minimum atomic E-state index is 0.312. The van der Waals surface area contributed by atoms with Gasteiger partial charge in [0.25, 0.3) is 0 Å². The molecule has 2 aromatic rings. The van der Waals surface area contributed by atoms with Crippen LogP contribution in [0, 0.1) is 0 Å². The molecule has 0 aliphatic carbocycles. The lowest BCUT2D eigenvalue weighted by atomic mass is 10.1. The minimum absolute atomic E-state index is 0.312. The number of hydrogen-bond acceptors (Lipinski definition) is 5. The summed E-state index contributed by atoms with van der Waals surface area (Å²) in [6.45, 7) is 6.18. The summed E-state index contributed by atoms with van der Waals surface area (Å²) in [4.78, 5) is 21.3. The SMILES string of the molecule is CCCCCCCCCCCC(=O)N1CCN(Cc2nc(-c3ccccc3)no2)CC1. The number of benzene rings is 1. The highest BCUT2D eigenvalue weighted by Gasteiger charge is 2.22. The summed E-state index contributed by atoms with van der Waals surface area (Å²) in [7, 11) is 0. The summed E-state index contributed by atoms with van der Waals surface area (Å²) >= 11 is 0. The molecule has 1 fully saturated rings. The summed E-state index contributed by atoms with van der Waals surface area (Å²) in [6.07, 6.45) is 12.3. The highest BCUT2D eigenvalue weighted by Crippen LogP contribution is 2.17. The summed E-state index contributed by atoms with van der Waals surface area (Å²) in [6, 6.07) is 9.87. The summed E-state index contributed by atoms with van der Waals surface area (Å²) < 4.78 is 5.43. The molecule has 6 heteroatoms. The molecule has 0 unspecified atom stereocenters. The monoisotopic (exact) mass is 426 g/mol. The number of aromatic nitrogens is 2. The highest BCUT2D eigenvalue weighted by molar-refractivity contribution is 5.76. The maximum Gasteiger partial charge on any atom is 0.241 e. The molecule has 1 aliphatic heterocycles. The van der Waals surface area contributed by atoms with Crippen LogP contribution in [0.2, 0.25) is 0 Å². The van der Waals surface area contributed by atoms with E-state index in [-0.39, 0.29) is 0 Å². The molecule has 0 saturated carbocycles. The van der Waals surface area contributed by atoms with Crippen LogP contribution in [0.5, 0.6) is 0 Å². The van der Waals surface area contributed by atoms with Crippen molar-refractivity contribution in [2.75, 3.05) is 26.2 Å². The van der Waals surface area contributed by atoms with Crippen molar-refractivity contribution in [3.8, 4) is 11.4 Å². The van der Waals surface area contributed by atoms with E-state index in [1.807, 2.05) is 35.2 Å². The standard InChI is InChI=1S/C25H38N4O2/c1-2-3-4-5-6-7-8-9-13-16-24(30)29-19-17-28(18-20-29)21-23-26-25(27-31-23)22-14-11-10-12-15-22/h10-12,14-15H,2-9,13,16-21H2,1H3. The predicted octanol–water partition coefficient (Wildman–Crippen LogP) is 5.30. The van der Waals surface area contributed by atoms with Crippen molar-refractivity contribution in [3.05, 3.63) is 36.2 Å². The van der Waals surface area contributed by atoms with Crippen LogP contribution in [0.25, 0.3) is 11.4 Å². The Morgan fingerprint density at radius 1 is 0.903 bits per heavy atom. The first-order valence-electron chi connectivity index (χ1n) is 12.1. The number of carbonyl (C=O) groups is 1. The molecule has 3 rings (SSSR count). The smallest absolute Gasteiger partial charge is 0.241 e. The Morgan fingerprint density at radius 3 is 2.23 bits per heavy atom. The summed E-state index contributed by atoms with van der Waals surface area (Å²) in [5.41, 5.74) is 0.962. The molecule has 2 heterocycles. The minimum Gasteiger partial charge on any atom is -0.340 e. The van der Waals surface area contributed by atoms with Crippen molar-refractivity contribution in [1.82, 2.24) is 19.9 Å². The van der Waals surface area contributed by atoms with E-state index in [9.17, 15) is 4.79 Å². The Labute approximate surface area is 187 Å². The van der Waals surface area contributed by atoms with Gasteiger partial charge in [-0.3, -0.25) is 9.69 Å². The van der Waals surface area contributed by atoms with E-state index in [4.69, 9.17) is 4.52 Å². The normalized spacial score (nSPS) is 14.8. The maximum absolute atomic E-state index is 12.5. The molecule has 1 saturated heterocycles. The molecule has 1 aromatic heterocycles. The Hall–Kier alpha value is -2.21. The van der Waals surface area contributed by atoms with E-state index in [0.29, 0.717) is 30.6 Å². The summed E-state index contributed by atoms with van der Waals surface area (Å²) in [5.74, 6) is 1.57. The van der Waals surface area contributed by atoms with E-state index in [0.717, 1.165) is 38.2 Å². The molecule has 0 atom stereocenters. The Morgan fingerprint density at radius 2 is 1.55 bits per heavy atom. The van der Waals surface area contributed by atoms with Gasteiger partial charge < -0.3 is 9.42 Å². The largest absolute Gasteiger partial charge is 0.340 e. The third kappa shape index (κ3) is 8.09. The topological polar surface area (TPSA) is 62.5 Å². The van der Waals surface area contributed by atoms with Crippen molar-refractivity contribution in [3.63, 3.8) is 0 Å². The van der Waals surface area contributed by atoms with Crippen LogP contribution in [0.1, 0.15) is 77.0 Å². The molecule has 0 N–H and O–H groups in total. The molecule has 1 amide bonds. The van der Waals surface area contributed by atoms with E-state index >= 15 is 0 Å². The highest BCUT2D eigenvalue weighted by atomic mass is 16.5. The second kappa shape index (κ2) is 13.3. The van der Waals surface area contributed by atoms with E-state index in [1.54, 1.807) is 0 Å². The number of nitrogens with zero attached hydrogens (tertiary/aromatic N) is 4. The lowest BCUT2D eigenvalue weighted by molar-refractivity contribution is -0.133. The van der Waals surface area contributed by atoms with Gasteiger partial charge in [0.05, 0.1) is 6.54 Å². The van der Waals surface area contributed by atoms with Crippen LogP contribution in [0.4, 0.5) is 0 Å². The number of hydrogen-bond donors (Lipinski definition) is 0. The van der Waals surface area contributed by atoms with Gasteiger partial charge in [-0.1, -0.05) is 93.8 Å². The van der Waals surface area contributed by atoms with Crippen molar-refractivity contribution >= 4 is 5.91 Å². The van der Waals surface area contributed by atoms with Crippen LogP contribution in [0.3, 0.4) is 0 Å². The average Bonchev–Trinajstić information content (AvgIpc) is 3.27. The van der Waals surface area contributed by atoms with Gasteiger partial charge in [-0.15, -0.1) is 0 Å². The molecule has 1 aromatic carbocycles. The van der Waals surface area contributed by atoms with Gasteiger partial charge in [-0.25, -0.2) is 0 Å². The molecule has 0 bridgehead atoms. The van der Waals surface area contributed by atoms with Crippen molar-refractivity contribution in [2.45, 2.75) is 77.7 Å². The predicted molar refractivity (Wildman–Crippen MR) is 123 cm³/mol. The van der Waals surface area contributed by atoms with Gasteiger partial charge in [0.1, 0.15) is 0 Å². The number of piperazine rings is 1. The molecule has 1 aliphatic rings. The van der Waals surface area contributed by atoms with Gasteiger partial charge in [-0.2, -0.15) is 4.98 Å². The molecule has 6 nitrogen and oxygen atoms in total. The fourth-order valence-electron chi connectivity index (χ4n) is 4.12. The first-order valence-corrected chi connectivity index (χ1v) is 12.1. The molecule has 0 radical (unpaired) electrons. The third-order valence-electron chi connectivity index (χ3n) is 6.08. The second-order valence-electron chi connectivity index (χ2n) is 8.61. The van der Waals surface area contributed by atoms with Crippen LogP contribution in [0.15, 0.2) is 34.9 Å². The number of unbranched alkanes of at least 4 members (excludes halogenated alkanes) is 8. The quantitative estimate of drug-likeness (QED) is 0.407. The fourth-order valence-corrected chi connectivity index (χ4v) is 4.12. The Bertz CT molecular complexity index is 754. The average molecular weight is 427 g/mol. The van der Waals surface area contributed by atoms with E-state index < -0.39 is 0 Å². The van der Waals surface area contributed by atoms with Crippen molar-refractivity contribution < 1.29 is 9.32 Å². The number of carbonyl (C=O) groups excluding carboxylic acids is 1. The van der Waals surface area contributed by atoms with Gasteiger partial charge in [0.15, 0.2) is 0 Å². The van der Waals surface area contributed by atoms with Crippen LogP contribution < -0.4 is 0 Å². The Kier molecular flexibility index (Phi) is 10.0. The molecule has 0 spiro atoms. The van der Waals surface area contributed by atoms with Gasteiger partial charge in [0.2, 0.25) is 17.6 Å². The lowest BCUT2D eigenvalue weighted by Crippen LogP contribution is -2.48. The zero-order valence-corrected chi connectivity index (χ0v) is 19.1. The fraction of sp³-hybridized carbons (Fsp3) is 0.640. The number of rotatable bonds is 13. The van der Waals surface area contributed by atoms with Gasteiger partial charge >= 0.3 is 0 Å². The van der Waals surface area contributed by atoms with Crippen molar-refractivity contribution in [1.29, 1.82) is 0 Å². The third-order valence-corrected chi connectivity index (χ3v) is 6.08. The van der Waals surface area contributed by atoms with Crippen LogP contribution in [-0.4, -0.2) is 52.0 Å². The van der Waals surface area contributed by atoms with Gasteiger partial charge in [-0.05, 0) is 6.42 Å². The zero-order valence-electron chi connectivity index (χ0n) is 19.1. The maximum atomic E-state index is 12.5.